The Morgan fingerprint density at radius 2 is 1.73 bits per heavy atom. The Bertz CT molecular complexity index is 1690. The third-order valence-corrected chi connectivity index (χ3v) is 8.54. The first-order valence-corrected chi connectivity index (χ1v) is 16.2. The fourth-order valence-corrected chi connectivity index (χ4v) is 6.27. The van der Waals surface area contributed by atoms with E-state index in [1.165, 1.54) is 30.5 Å². The Morgan fingerprint density at radius 1 is 1.06 bits per heavy atom. The topological polar surface area (TPSA) is 170 Å². The van der Waals surface area contributed by atoms with Crippen molar-refractivity contribution < 1.29 is 33.6 Å². The van der Waals surface area contributed by atoms with E-state index in [0.717, 1.165) is 15.3 Å². The molecule has 0 bridgehead atoms. The third-order valence-electron chi connectivity index (χ3n) is 7.31. The molecule has 4 rings (SSSR count). The van der Waals surface area contributed by atoms with Crippen LogP contribution in [0.2, 0.25) is 0 Å². The van der Waals surface area contributed by atoms with Gasteiger partial charge in [-0.15, -0.1) is 11.3 Å². The molecule has 0 aliphatic carbocycles. The van der Waals surface area contributed by atoms with Crippen molar-refractivity contribution in [3.63, 3.8) is 0 Å². The number of hydrogen-bond acceptors (Lipinski definition) is 10. The molecule has 2 heterocycles. The number of aliphatic imine (C=N–C) groups is 1. The zero-order chi connectivity index (χ0) is 35.0. The fourth-order valence-electron chi connectivity index (χ4n) is 5.11. The first kappa shape index (κ1) is 35.7. The molecule has 14 heteroatoms. The number of amidine groups is 1. The number of nitro benzene ring substituents is 1. The number of esters is 1. The summed E-state index contributed by atoms with van der Waals surface area (Å²) < 4.78 is 10.4. The molecule has 1 aliphatic heterocycles. The Hall–Kier alpha value is -5.11. The number of fused-ring (bicyclic) bond motifs is 1. The monoisotopic (exact) mass is 677 g/mol. The molecule has 0 unspecified atom stereocenters. The van der Waals surface area contributed by atoms with E-state index in [9.17, 15) is 29.3 Å². The maximum Gasteiger partial charge on any atom is 0.413 e. The van der Waals surface area contributed by atoms with Gasteiger partial charge in [0.2, 0.25) is 5.91 Å². The minimum Gasteiger partial charge on any atom is -0.466 e. The van der Waals surface area contributed by atoms with Gasteiger partial charge in [0.15, 0.2) is 0 Å². The summed E-state index contributed by atoms with van der Waals surface area (Å²) in [5, 5.41) is 16.6. The van der Waals surface area contributed by atoms with E-state index < -0.39 is 28.6 Å². The molecule has 0 fully saturated rings. The SMILES string of the molecule is CCOC(=O)Cc1cc2c(s1)CCN(C(=O)[C@H](Cc1ccc([N+](=O)[O-])cc1)NC(=O)c1ccc(C(=NC)NC(=O)OC(C)(C)C)cc1)C2. The predicted molar refractivity (Wildman–Crippen MR) is 180 cm³/mol. The van der Waals surface area contributed by atoms with Gasteiger partial charge in [-0.3, -0.25) is 34.8 Å². The van der Waals surface area contributed by atoms with Crippen LogP contribution in [0.5, 0.6) is 0 Å². The molecule has 0 radical (unpaired) electrons. The summed E-state index contributed by atoms with van der Waals surface area (Å²) in [6, 6.07) is 13.2. The van der Waals surface area contributed by atoms with Gasteiger partial charge in [-0.25, -0.2) is 4.79 Å². The van der Waals surface area contributed by atoms with Gasteiger partial charge in [-0.1, -0.05) is 24.3 Å². The molecule has 0 saturated heterocycles. The van der Waals surface area contributed by atoms with Gasteiger partial charge in [-0.2, -0.15) is 0 Å². The molecule has 1 aromatic heterocycles. The van der Waals surface area contributed by atoms with Crippen LogP contribution in [0.15, 0.2) is 59.6 Å². The molecule has 1 aliphatic rings. The van der Waals surface area contributed by atoms with Crippen molar-refractivity contribution >= 4 is 46.7 Å². The Kier molecular flexibility index (Phi) is 11.7. The highest BCUT2D eigenvalue weighted by Crippen LogP contribution is 2.29. The van der Waals surface area contributed by atoms with Gasteiger partial charge in [0, 0.05) is 59.6 Å². The molecular formula is C34H39N5O8S. The number of benzene rings is 2. The Balaban J connectivity index is 1.51. The number of non-ortho nitro benzene ring substituents is 1. The van der Waals surface area contributed by atoms with Gasteiger partial charge in [0.1, 0.15) is 17.5 Å². The molecule has 1 atom stereocenters. The molecular weight excluding hydrogens is 638 g/mol. The zero-order valence-corrected chi connectivity index (χ0v) is 28.3. The summed E-state index contributed by atoms with van der Waals surface area (Å²) in [5.41, 5.74) is 1.62. The second kappa shape index (κ2) is 15.7. The molecule has 2 N–H and O–H groups in total. The number of hydrogen-bond donors (Lipinski definition) is 2. The molecule has 13 nitrogen and oxygen atoms in total. The van der Waals surface area contributed by atoms with Gasteiger partial charge in [-0.05, 0) is 63.4 Å². The summed E-state index contributed by atoms with van der Waals surface area (Å²) in [6.07, 6.45) is 0.209. The third kappa shape index (κ3) is 9.70. The summed E-state index contributed by atoms with van der Waals surface area (Å²) in [6.45, 7) is 8.05. The van der Waals surface area contributed by atoms with Crippen molar-refractivity contribution in [2.45, 2.75) is 65.1 Å². The summed E-state index contributed by atoms with van der Waals surface area (Å²) >= 11 is 1.53. The average Bonchev–Trinajstić information content (AvgIpc) is 3.44. The van der Waals surface area contributed by atoms with Crippen LogP contribution in [-0.4, -0.2) is 71.4 Å². The van der Waals surface area contributed by atoms with Gasteiger partial charge in [0.25, 0.3) is 11.6 Å². The van der Waals surface area contributed by atoms with Crippen LogP contribution in [0.1, 0.15) is 64.5 Å². The van der Waals surface area contributed by atoms with Gasteiger partial charge >= 0.3 is 12.1 Å². The second-order valence-electron chi connectivity index (χ2n) is 12.1. The number of amides is 3. The van der Waals surface area contributed by atoms with E-state index in [-0.39, 0.29) is 41.8 Å². The number of nitrogens with zero attached hydrogens (tertiary/aromatic N) is 3. The highest BCUT2D eigenvalue weighted by molar-refractivity contribution is 7.12. The van der Waals surface area contributed by atoms with Crippen molar-refractivity contribution in [3.05, 3.63) is 96.7 Å². The average molecular weight is 678 g/mol. The number of carbonyl (C=O) groups excluding carboxylic acids is 4. The molecule has 254 valence electrons. The summed E-state index contributed by atoms with van der Waals surface area (Å²) in [5.74, 6) is -0.850. The lowest BCUT2D eigenvalue weighted by atomic mass is 10.0. The molecule has 3 aromatic rings. The first-order chi connectivity index (χ1) is 22.8. The second-order valence-corrected chi connectivity index (χ2v) is 13.3. The van der Waals surface area contributed by atoms with E-state index >= 15 is 0 Å². The van der Waals surface area contributed by atoms with E-state index in [0.29, 0.717) is 37.2 Å². The molecule has 3 amide bonds. The zero-order valence-electron chi connectivity index (χ0n) is 27.5. The normalized spacial score (nSPS) is 13.6. The van der Waals surface area contributed by atoms with Crippen LogP contribution in [0.4, 0.5) is 10.5 Å². The van der Waals surface area contributed by atoms with E-state index in [4.69, 9.17) is 9.47 Å². The standard InChI is InChI=1S/C34H39N5O8S/c1-6-46-29(40)19-26-18-24-20-38(16-15-28(24)48-26)32(42)27(17-21-7-13-25(14-8-21)39(44)45)36-31(41)23-11-9-22(10-12-23)30(35-5)37-33(43)47-34(2,3)4/h7-14,18,27H,6,15-17,19-20H2,1-5H3,(H,36,41)(H,35,37,43)/t27-/m0/s1. The molecule has 2 aromatic carbocycles. The lowest BCUT2D eigenvalue weighted by molar-refractivity contribution is -0.384. The maximum atomic E-state index is 14.0. The van der Waals surface area contributed by atoms with E-state index in [1.807, 2.05) is 6.07 Å². The Labute approximate surface area is 282 Å². The summed E-state index contributed by atoms with van der Waals surface area (Å²) in [7, 11) is 1.52. The number of alkyl carbamates (subject to hydrolysis) is 1. The van der Waals surface area contributed by atoms with Gasteiger partial charge in [0.05, 0.1) is 18.0 Å². The predicted octanol–water partition coefficient (Wildman–Crippen LogP) is 4.59. The van der Waals surface area contributed by atoms with E-state index in [2.05, 4.69) is 15.6 Å². The highest BCUT2D eigenvalue weighted by Gasteiger charge is 2.30. The number of nitro groups is 1. The number of carbonyl (C=O) groups is 4. The number of thiophene rings is 1. The minimum absolute atomic E-state index is 0.0819. The number of rotatable bonds is 10. The quantitative estimate of drug-likeness (QED) is 0.103. The lowest BCUT2D eigenvalue weighted by Crippen LogP contribution is -2.50. The Morgan fingerprint density at radius 3 is 2.33 bits per heavy atom. The van der Waals surface area contributed by atoms with E-state index in [1.54, 1.807) is 69.0 Å². The van der Waals surface area contributed by atoms with Crippen molar-refractivity contribution in [3.8, 4) is 0 Å². The molecule has 48 heavy (non-hydrogen) atoms. The lowest BCUT2D eigenvalue weighted by Gasteiger charge is -2.31. The number of ether oxygens (including phenoxy) is 2. The summed E-state index contributed by atoms with van der Waals surface area (Å²) in [4.78, 5) is 70.2. The van der Waals surface area contributed by atoms with Crippen LogP contribution < -0.4 is 10.6 Å². The maximum absolute atomic E-state index is 14.0. The van der Waals surface area contributed by atoms with Crippen molar-refractivity contribution in [1.82, 2.24) is 15.5 Å². The van der Waals surface area contributed by atoms with Crippen molar-refractivity contribution in [1.29, 1.82) is 0 Å². The fraction of sp³-hybridized carbons (Fsp3) is 0.382. The molecule has 0 saturated carbocycles. The minimum atomic E-state index is -0.973. The smallest absolute Gasteiger partial charge is 0.413 e. The van der Waals surface area contributed by atoms with Crippen molar-refractivity contribution in [2.24, 2.45) is 4.99 Å². The van der Waals surface area contributed by atoms with Crippen LogP contribution in [0, 0.1) is 10.1 Å². The number of nitrogens with one attached hydrogen (secondary N) is 2. The highest BCUT2D eigenvalue weighted by atomic mass is 32.1. The van der Waals surface area contributed by atoms with Crippen LogP contribution in [-0.2, 0) is 44.9 Å². The van der Waals surface area contributed by atoms with Gasteiger partial charge < -0.3 is 19.7 Å². The first-order valence-electron chi connectivity index (χ1n) is 15.4. The van der Waals surface area contributed by atoms with Crippen LogP contribution >= 0.6 is 11.3 Å². The van der Waals surface area contributed by atoms with Crippen LogP contribution in [0.3, 0.4) is 0 Å². The van der Waals surface area contributed by atoms with Crippen LogP contribution in [0.25, 0.3) is 0 Å². The largest absolute Gasteiger partial charge is 0.466 e. The molecule has 0 spiro atoms. The van der Waals surface area contributed by atoms with Crippen molar-refractivity contribution in [2.75, 3.05) is 20.2 Å².